The van der Waals surface area contributed by atoms with E-state index in [0.29, 0.717) is 6.61 Å². The van der Waals surface area contributed by atoms with Crippen LogP contribution in [0.15, 0.2) is 76.4 Å². The van der Waals surface area contributed by atoms with Gasteiger partial charge in [0, 0.05) is 12.0 Å². The summed E-state index contributed by atoms with van der Waals surface area (Å²) in [5.41, 5.74) is 3.28. The summed E-state index contributed by atoms with van der Waals surface area (Å²) < 4.78 is 17.8. The average molecular weight is 360 g/mol. The molecule has 0 N–H and O–H groups in total. The molecule has 2 aliphatic heterocycles. The highest BCUT2D eigenvalue weighted by molar-refractivity contribution is 6.01. The van der Waals surface area contributed by atoms with E-state index in [2.05, 4.69) is 18.2 Å². The summed E-state index contributed by atoms with van der Waals surface area (Å²) in [5, 5.41) is 6.93. The fourth-order valence-electron chi connectivity index (χ4n) is 3.78. The maximum atomic E-state index is 6.36. The molecule has 0 amide bonds. The lowest BCUT2D eigenvalue weighted by Gasteiger charge is -2.37. The Bertz CT molecular complexity index is 966. The number of furan rings is 1. The predicted molar refractivity (Wildman–Crippen MR) is 102 cm³/mol. The molecule has 0 aliphatic carbocycles. The number of fused-ring (bicyclic) bond motifs is 3. The van der Waals surface area contributed by atoms with Crippen LogP contribution < -0.4 is 9.47 Å². The third-order valence-corrected chi connectivity index (χ3v) is 4.97. The number of nitrogens with zero attached hydrogens (tertiary/aromatic N) is 2. The van der Waals surface area contributed by atoms with E-state index in [1.165, 1.54) is 0 Å². The highest BCUT2D eigenvalue weighted by atomic mass is 16.5. The maximum Gasteiger partial charge on any atom is 0.246 e. The normalized spacial score (nSPS) is 20.5. The van der Waals surface area contributed by atoms with E-state index in [0.717, 1.165) is 40.5 Å². The lowest BCUT2D eigenvalue weighted by Crippen LogP contribution is -2.33. The Balaban J connectivity index is 1.61. The molecule has 2 aromatic carbocycles. The van der Waals surface area contributed by atoms with Gasteiger partial charge in [0.05, 0.1) is 24.6 Å². The molecule has 0 radical (unpaired) electrons. The second-order valence-electron chi connectivity index (χ2n) is 6.61. The lowest BCUT2D eigenvalue weighted by atomic mass is 9.96. The van der Waals surface area contributed by atoms with E-state index in [1.54, 1.807) is 6.26 Å². The molecule has 0 saturated carbocycles. The van der Waals surface area contributed by atoms with Crippen LogP contribution >= 0.6 is 0 Å². The monoisotopic (exact) mass is 360 g/mol. The molecule has 3 heterocycles. The molecule has 3 aromatic rings. The quantitative estimate of drug-likeness (QED) is 0.662. The SMILES string of the molecule is CCOc1cccc2c1O[C@H](c1ccco1)N1N=C(c3ccccc3)C[C@@H]21. The van der Waals surface area contributed by atoms with Crippen molar-refractivity contribution in [1.82, 2.24) is 5.01 Å². The number of para-hydroxylation sites is 1. The molecular weight excluding hydrogens is 340 g/mol. The molecule has 0 saturated heterocycles. The lowest BCUT2D eigenvalue weighted by molar-refractivity contribution is -0.0344. The van der Waals surface area contributed by atoms with Gasteiger partial charge in [0.25, 0.3) is 0 Å². The van der Waals surface area contributed by atoms with Crippen LogP contribution in [-0.2, 0) is 0 Å². The minimum atomic E-state index is -0.416. The third kappa shape index (κ3) is 2.67. The van der Waals surface area contributed by atoms with Crippen LogP contribution in [0.1, 0.15) is 42.5 Å². The summed E-state index contributed by atoms with van der Waals surface area (Å²) in [5.74, 6) is 2.28. The Kier molecular flexibility index (Phi) is 3.85. The van der Waals surface area contributed by atoms with Crippen LogP contribution in [0, 0.1) is 0 Å². The molecule has 0 spiro atoms. The first-order valence-corrected chi connectivity index (χ1v) is 9.22. The second kappa shape index (κ2) is 6.50. The highest BCUT2D eigenvalue weighted by Crippen LogP contribution is 2.50. The van der Waals surface area contributed by atoms with Gasteiger partial charge in [-0.25, -0.2) is 5.01 Å². The molecular formula is C22H20N2O3. The maximum absolute atomic E-state index is 6.36. The smallest absolute Gasteiger partial charge is 0.246 e. The standard InChI is InChI=1S/C22H20N2O3/c1-2-25-19-11-6-10-16-18-14-17(15-8-4-3-5-9-15)23-24(18)22(27-21(16)19)20-12-7-13-26-20/h3-13,18,22H,2,14H2,1H3/t18-,22+/m0/s1. The largest absolute Gasteiger partial charge is 0.490 e. The van der Waals surface area contributed by atoms with Crippen molar-refractivity contribution in [2.45, 2.75) is 25.6 Å². The number of ether oxygens (including phenoxy) is 2. The number of hydrazone groups is 1. The number of rotatable bonds is 4. The van der Waals surface area contributed by atoms with Gasteiger partial charge in [-0.2, -0.15) is 5.10 Å². The van der Waals surface area contributed by atoms with E-state index >= 15 is 0 Å². The zero-order valence-electron chi connectivity index (χ0n) is 15.0. The molecule has 5 nitrogen and oxygen atoms in total. The summed E-state index contributed by atoms with van der Waals surface area (Å²) in [4.78, 5) is 0. The first-order valence-electron chi connectivity index (χ1n) is 9.22. The van der Waals surface area contributed by atoms with Crippen LogP contribution in [0.4, 0.5) is 0 Å². The summed E-state index contributed by atoms with van der Waals surface area (Å²) in [7, 11) is 0. The molecule has 0 fully saturated rings. The average Bonchev–Trinajstić information content (AvgIpc) is 3.39. The van der Waals surface area contributed by atoms with Crippen molar-refractivity contribution in [3.8, 4) is 11.5 Å². The minimum absolute atomic E-state index is 0.0828. The minimum Gasteiger partial charge on any atom is -0.490 e. The van der Waals surface area contributed by atoms with E-state index in [1.807, 2.05) is 54.4 Å². The van der Waals surface area contributed by atoms with Crippen molar-refractivity contribution in [3.05, 3.63) is 83.8 Å². The van der Waals surface area contributed by atoms with Crippen molar-refractivity contribution in [3.63, 3.8) is 0 Å². The summed E-state index contributed by atoms with van der Waals surface area (Å²) in [6.07, 6.45) is 2.06. The van der Waals surface area contributed by atoms with E-state index < -0.39 is 6.23 Å². The van der Waals surface area contributed by atoms with Gasteiger partial charge in [0.2, 0.25) is 6.23 Å². The van der Waals surface area contributed by atoms with Gasteiger partial charge < -0.3 is 13.9 Å². The second-order valence-corrected chi connectivity index (χ2v) is 6.61. The molecule has 5 heteroatoms. The number of hydrogen-bond acceptors (Lipinski definition) is 5. The fraction of sp³-hybridized carbons (Fsp3) is 0.227. The molecule has 0 bridgehead atoms. The van der Waals surface area contributed by atoms with Gasteiger partial charge in [-0.15, -0.1) is 0 Å². The Hall–Kier alpha value is -3.21. The van der Waals surface area contributed by atoms with Gasteiger partial charge in [0.15, 0.2) is 17.3 Å². The Morgan fingerprint density at radius 2 is 1.96 bits per heavy atom. The molecule has 136 valence electrons. The Labute approximate surface area is 157 Å². The summed E-state index contributed by atoms with van der Waals surface area (Å²) in [6, 6.07) is 20.2. The third-order valence-electron chi connectivity index (χ3n) is 4.97. The first-order chi connectivity index (χ1) is 13.3. The van der Waals surface area contributed by atoms with E-state index in [4.69, 9.17) is 19.0 Å². The van der Waals surface area contributed by atoms with Crippen LogP contribution in [0.5, 0.6) is 11.5 Å². The topological polar surface area (TPSA) is 47.2 Å². The van der Waals surface area contributed by atoms with Gasteiger partial charge >= 0.3 is 0 Å². The molecule has 0 unspecified atom stereocenters. The number of benzene rings is 2. The predicted octanol–water partition coefficient (Wildman–Crippen LogP) is 4.92. The van der Waals surface area contributed by atoms with Crippen LogP contribution in [-0.4, -0.2) is 17.3 Å². The zero-order valence-corrected chi connectivity index (χ0v) is 15.0. The molecule has 2 aliphatic rings. The van der Waals surface area contributed by atoms with Crippen molar-refractivity contribution >= 4 is 5.71 Å². The summed E-state index contributed by atoms with van der Waals surface area (Å²) in [6.45, 7) is 2.57. The van der Waals surface area contributed by atoms with E-state index in [-0.39, 0.29) is 6.04 Å². The molecule has 5 rings (SSSR count). The van der Waals surface area contributed by atoms with Crippen molar-refractivity contribution in [1.29, 1.82) is 0 Å². The van der Waals surface area contributed by atoms with Crippen molar-refractivity contribution < 1.29 is 13.9 Å². The van der Waals surface area contributed by atoms with Crippen LogP contribution in [0.3, 0.4) is 0 Å². The van der Waals surface area contributed by atoms with E-state index in [9.17, 15) is 0 Å². The van der Waals surface area contributed by atoms with Gasteiger partial charge in [-0.3, -0.25) is 0 Å². The van der Waals surface area contributed by atoms with Crippen LogP contribution in [0.25, 0.3) is 0 Å². The van der Waals surface area contributed by atoms with Crippen LogP contribution in [0.2, 0.25) is 0 Å². The van der Waals surface area contributed by atoms with Gasteiger partial charge in [0.1, 0.15) is 0 Å². The van der Waals surface area contributed by atoms with Gasteiger partial charge in [-0.1, -0.05) is 42.5 Å². The van der Waals surface area contributed by atoms with Crippen molar-refractivity contribution in [2.24, 2.45) is 5.10 Å². The fourth-order valence-corrected chi connectivity index (χ4v) is 3.78. The molecule has 1 aromatic heterocycles. The highest BCUT2D eigenvalue weighted by Gasteiger charge is 2.43. The first kappa shape index (κ1) is 16.0. The zero-order chi connectivity index (χ0) is 18.2. The molecule has 27 heavy (non-hydrogen) atoms. The number of hydrogen-bond donors (Lipinski definition) is 0. The van der Waals surface area contributed by atoms with Crippen molar-refractivity contribution in [2.75, 3.05) is 6.61 Å². The summed E-state index contributed by atoms with van der Waals surface area (Å²) >= 11 is 0. The Morgan fingerprint density at radius 3 is 2.74 bits per heavy atom. The molecule has 2 atom stereocenters. The van der Waals surface area contributed by atoms with Gasteiger partial charge in [-0.05, 0) is 30.7 Å². The Morgan fingerprint density at radius 1 is 1.07 bits per heavy atom.